The van der Waals surface area contributed by atoms with E-state index < -0.39 is 17.7 Å². The van der Waals surface area contributed by atoms with Gasteiger partial charge in [-0.2, -0.15) is 0 Å². The standard InChI is InChI=1S/C22H24N2O3/c1-13(2)10-18(25)19-20(16-6-5-9-23-12-16)24(22(27)21(19)26)17-8-7-14(3)11-15(17)4/h5-9,11-13,20,26H,10H2,1-4H3. The third kappa shape index (κ3) is 3.50. The average molecular weight is 364 g/mol. The molecule has 1 N–H and O–H groups in total. The molecule has 0 aliphatic carbocycles. The van der Waals surface area contributed by atoms with Crippen LogP contribution >= 0.6 is 0 Å². The monoisotopic (exact) mass is 364 g/mol. The molecule has 1 aromatic heterocycles. The highest BCUT2D eigenvalue weighted by Gasteiger charge is 2.44. The quantitative estimate of drug-likeness (QED) is 0.862. The molecule has 0 radical (unpaired) electrons. The summed E-state index contributed by atoms with van der Waals surface area (Å²) in [6, 6.07) is 8.66. The van der Waals surface area contributed by atoms with Gasteiger partial charge >= 0.3 is 0 Å². The lowest BCUT2D eigenvalue weighted by Gasteiger charge is -2.28. The molecule has 1 unspecified atom stereocenters. The summed E-state index contributed by atoms with van der Waals surface area (Å²) in [7, 11) is 0. The SMILES string of the molecule is Cc1ccc(N2C(=O)C(O)=C(C(=O)CC(C)C)C2c2cccnc2)c(C)c1. The molecule has 1 aliphatic heterocycles. The van der Waals surface area contributed by atoms with Crippen LogP contribution in [0.15, 0.2) is 54.1 Å². The van der Waals surface area contributed by atoms with Gasteiger partial charge < -0.3 is 5.11 Å². The lowest BCUT2D eigenvalue weighted by atomic mass is 9.92. The van der Waals surface area contributed by atoms with E-state index >= 15 is 0 Å². The number of hydrogen-bond acceptors (Lipinski definition) is 4. The maximum atomic E-state index is 13.0. The van der Waals surface area contributed by atoms with E-state index in [0.29, 0.717) is 11.3 Å². The van der Waals surface area contributed by atoms with Gasteiger partial charge in [0.25, 0.3) is 5.91 Å². The van der Waals surface area contributed by atoms with E-state index in [0.717, 1.165) is 11.1 Å². The first kappa shape index (κ1) is 18.8. The van der Waals surface area contributed by atoms with Crippen LogP contribution in [0.4, 0.5) is 5.69 Å². The number of Topliss-reactive ketones (excluding diaryl/α,β-unsaturated/α-hetero) is 1. The van der Waals surface area contributed by atoms with Crippen molar-refractivity contribution in [2.75, 3.05) is 4.90 Å². The fourth-order valence-electron chi connectivity index (χ4n) is 3.55. The van der Waals surface area contributed by atoms with Crippen LogP contribution in [0.2, 0.25) is 0 Å². The van der Waals surface area contributed by atoms with Crippen molar-refractivity contribution in [2.45, 2.75) is 40.2 Å². The lowest BCUT2D eigenvalue weighted by molar-refractivity contribution is -0.118. The summed E-state index contributed by atoms with van der Waals surface area (Å²) in [6.07, 6.45) is 3.54. The number of aliphatic hydroxyl groups excluding tert-OH is 1. The van der Waals surface area contributed by atoms with E-state index in [2.05, 4.69) is 4.98 Å². The van der Waals surface area contributed by atoms with Gasteiger partial charge in [-0.25, -0.2) is 0 Å². The number of anilines is 1. The Labute approximate surface area is 159 Å². The second kappa shape index (κ2) is 7.35. The molecule has 0 saturated heterocycles. The van der Waals surface area contributed by atoms with Gasteiger partial charge in [-0.05, 0) is 43.0 Å². The Morgan fingerprint density at radius 1 is 1.26 bits per heavy atom. The number of nitrogens with zero attached hydrogens (tertiary/aromatic N) is 2. The summed E-state index contributed by atoms with van der Waals surface area (Å²) < 4.78 is 0. The van der Waals surface area contributed by atoms with Crippen molar-refractivity contribution < 1.29 is 14.7 Å². The Kier molecular flexibility index (Phi) is 5.13. The number of carbonyl (C=O) groups is 2. The van der Waals surface area contributed by atoms with Crippen LogP contribution in [-0.4, -0.2) is 21.8 Å². The number of ketones is 1. The van der Waals surface area contributed by atoms with E-state index in [1.807, 2.05) is 52.0 Å². The van der Waals surface area contributed by atoms with Crippen LogP contribution in [0.5, 0.6) is 0 Å². The summed E-state index contributed by atoms with van der Waals surface area (Å²) in [6.45, 7) is 7.77. The first-order valence-corrected chi connectivity index (χ1v) is 9.08. The van der Waals surface area contributed by atoms with Crippen LogP contribution in [0.1, 0.15) is 43.0 Å². The summed E-state index contributed by atoms with van der Waals surface area (Å²) in [5, 5.41) is 10.6. The maximum Gasteiger partial charge on any atom is 0.294 e. The second-order valence-electron chi connectivity index (χ2n) is 7.44. The first-order valence-electron chi connectivity index (χ1n) is 9.08. The molecule has 1 amide bonds. The smallest absolute Gasteiger partial charge is 0.294 e. The van der Waals surface area contributed by atoms with E-state index in [9.17, 15) is 14.7 Å². The Bertz CT molecular complexity index is 916. The molecular formula is C22H24N2O3. The van der Waals surface area contributed by atoms with Gasteiger partial charge in [0.1, 0.15) is 0 Å². The molecule has 2 aromatic rings. The normalized spacial score (nSPS) is 17.1. The minimum Gasteiger partial charge on any atom is -0.503 e. The fraction of sp³-hybridized carbons (Fsp3) is 0.318. The largest absolute Gasteiger partial charge is 0.503 e. The third-order valence-electron chi connectivity index (χ3n) is 4.71. The molecular weight excluding hydrogens is 340 g/mol. The number of rotatable bonds is 5. The van der Waals surface area contributed by atoms with Crippen molar-refractivity contribution in [1.82, 2.24) is 4.98 Å². The van der Waals surface area contributed by atoms with Crippen LogP contribution < -0.4 is 4.90 Å². The fourth-order valence-corrected chi connectivity index (χ4v) is 3.55. The van der Waals surface area contributed by atoms with E-state index in [4.69, 9.17) is 0 Å². The van der Waals surface area contributed by atoms with Crippen molar-refractivity contribution in [3.05, 3.63) is 70.7 Å². The highest BCUT2D eigenvalue weighted by molar-refractivity contribution is 6.16. The number of hydrogen-bond donors (Lipinski definition) is 1. The van der Waals surface area contributed by atoms with E-state index in [1.54, 1.807) is 18.5 Å². The van der Waals surface area contributed by atoms with Crippen molar-refractivity contribution in [2.24, 2.45) is 5.92 Å². The minimum atomic E-state index is -0.682. The number of amides is 1. The Balaban J connectivity index is 2.16. The number of pyridine rings is 1. The van der Waals surface area contributed by atoms with Crippen molar-refractivity contribution in [3.8, 4) is 0 Å². The van der Waals surface area contributed by atoms with Gasteiger partial charge in [-0.15, -0.1) is 0 Å². The zero-order valence-corrected chi connectivity index (χ0v) is 16.1. The molecule has 0 bridgehead atoms. The topological polar surface area (TPSA) is 70.5 Å². The Morgan fingerprint density at radius 3 is 2.59 bits per heavy atom. The van der Waals surface area contributed by atoms with Gasteiger partial charge in [0, 0.05) is 24.5 Å². The summed E-state index contributed by atoms with van der Waals surface area (Å²) in [5.74, 6) is -1.10. The maximum absolute atomic E-state index is 13.0. The number of carbonyl (C=O) groups excluding carboxylic acids is 2. The molecule has 0 fully saturated rings. The van der Waals surface area contributed by atoms with Crippen molar-refractivity contribution in [3.63, 3.8) is 0 Å². The summed E-state index contributed by atoms with van der Waals surface area (Å²) >= 11 is 0. The first-order chi connectivity index (χ1) is 12.8. The van der Waals surface area contributed by atoms with Crippen molar-refractivity contribution in [1.29, 1.82) is 0 Å². The lowest BCUT2D eigenvalue weighted by Crippen LogP contribution is -2.31. The van der Waals surface area contributed by atoms with Gasteiger partial charge in [0.2, 0.25) is 0 Å². The molecule has 1 atom stereocenters. The van der Waals surface area contributed by atoms with Gasteiger partial charge in [0.15, 0.2) is 11.5 Å². The predicted molar refractivity (Wildman–Crippen MR) is 104 cm³/mol. The van der Waals surface area contributed by atoms with Crippen molar-refractivity contribution >= 4 is 17.4 Å². The van der Waals surface area contributed by atoms with Crippen LogP contribution in [0.25, 0.3) is 0 Å². The number of aromatic nitrogens is 1. The minimum absolute atomic E-state index is 0.123. The molecule has 140 valence electrons. The molecule has 1 aromatic carbocycles. The summed E-state index contributed by atoms with van der Waals surface area (Å²) in [4.78, 5) is 31.5. The number of aliphatic hydroxyl groups is 1. The van der Waals surface area contributed by atoms with Gasteiger partial charge in [-0.3, -0.25) is 19.5 Å². The van der Waals surface area contributed by atoms with Crippen LogP contribution in [-0.2, 0) is 9.59 Å². The molecule has 5 nitrogen and oxygen atoms in total. The summed E-state index contributed by atoms with van der Waals surface area (Å²) in [5.41, 5.74) is 3.51. The molecule has 1 aliphatic rings. The van der Waals surface area contributed by atoms with Crippen LogP contribution in [0.3, 0.4) is 0 Å². The molecule has 3 rings (SSSR count). The Hall–Kier alpha value is -2.95. The second-order valence-corrected chi connectivity index (χ2v) is 7.44. The zero-order valence-electron chi connectivity index (χ0n) is 16.1. The average Bonchev–Trinajstić information content (AvgIpc) is 2.87. The van der Waals surface area contributed by atoms with E-state index in [1.165, 1.54) is 4.90 Å². The Morgan fingerprint density at radius 2 is 2.00 bits per heavy atom. The molecule has 0 saturated carbocycles. The number of benzene rings is 1. The van der Waals surface area contributed by atoms with Gasteiger partial charge in [-0.1, -0.05) is 37.6 Å². The third-order valence-corrected chi connectivity index (χ3v) is 4.71. The molecule has 5 heteroatoms. The predicted octanol–water partition coefficient (Wildman–Crippen LogP) is 4.21. The zero-order chi connectivity index (χ0) is 19.7. The highest BCUT2D eigenvalue weighted by atomic mass is 16.3. The number of aryl methyl sites for hydroxylation is 2. The molecule has 2 heterocycles. The van der Waals surface area contributed by atoms with Crippen LogP contribution in [0, 0.1) is 19.8 Å². The molecule has 27 heavy (non-hydrogen) atoms. The highest BCUT2D eigenvalue weighted by Crippen LogP contribution is 2.42. The molecule has 0 spiro atoms. The van der Waals surface area contributed by atoms with Gasteiger partial charge in [0.05, 0.1) is 11.6 Å². The van der Waals surface area contributed by atoms with E-state index in [-0.39, 0.29) is 23.7 Å².